The van der Waals surface area contributed by atoms with Crippen LogP contribution in [0.15, 0.2) is 12.5 Å². The lowest BCUT2D eigenvalue weighted by atomic mass is 9.98. The molecule has 0 radical (unpaired) electrons. The molecule has 1 aliphatic rings. The van der Waals surface area contributed by atoms with Crippen molar-refractivity contribution in [3.05, 3.63) is 12.5 Å². The quantitative estimate of drug-likeness (QED) is 0.837. The van der Waals surface area contributed by atoms with Gasteiger partial charge in [-0.15, -0.1) is 0 Å². The largest absolute Gasteiger partial charge is 0.356 e. The predicted octanol–water partition coefficient (Wildman–Crippen LogP) is 0.538. The van der Waals surface area contributed by atoms with Gasteiger partial charge in [-0.2, -0.15) is 5.10 Å². The fraction of sp³-hybridized carbons (Fsp3) is 0.583. The molecule has 1 atom stereocenters. The second kappa shape index (κ2) is 4.53. The summed E-state index contributed by atoms with van der Waals surface area (Å²) in [6, 6.07) is 0. The van der Waals surface area contributed by atoms with E-state index in [-0.39, 0.29) is 0 Å². The molecule has 0 saturated carbocycles. The molecule has 1 aliphatic heterocycles. The molecular formula is C12H18N6. The Hall–Kier alpha value is -1.69. The van der Waals surface area contributed by atoms with Crippen molar-refractivity contribution < 1.29 is 0 Å². The van der Waals surface area contributed by atoms with Crippen molar-refractivity contribution in [1.29, 1.82) is 0 Å². The molecule has 18 heavy (non-hydrogen) atoms. The van der Waals surface area contributed by atoms with Gasteiger partial charge in [-0.3, -0.25) is 4.68 Å². The van der Waals surface area contributed by atoms with Crippen LogP contribution in [-0.4, -0.2) is 39.4 Å². The molecule has 2 aromatic rings. The number of fused-ring (bicyclic) bond motifs is 1. The van der Waals surface area contributed by atoms with E-state index < -0.39 is 0 Å². The summed E-state index contributed by atoms with van der Waals surface area (Å²) in [5.74, 6) is 1.56. The molecule has 3 rings (SSSR count). The van der Waals surface area contributed by atoms with Crippen molar-refractivity contribution in [2.75, 3.05) is 24.5 Å². The highest BCUT2D eigenvalue weighted by atomic mass is 15.3. The molecule has 0 amide bonds. The maximum absolute atomic E-state index is 5.78. The lowest BCUT2D eigenvalue weighted by molar-refractivity contribution is 0.422. The van der Waals surface area contributed by atoms with Crippen LogP contribution in [0.4, 0.5) is 5.82 Å². The van der Waals surface area contributed by atoms with E-state index >= 15 is 0 Å². The number of nitrogens with zero attached hydrogens (tertiary/aromatic N) is 5. The molecule has 2 aromatic heterocycles. The van der Waals surface area contributed by atoms with E-state index in [0.717, 1.165) is 36.5 Å². The van der Waals surface area contributed by atoms with E-state index in [2.05, 4.69) is 20.0 Å². The van der Waals surface area contributed by atoms with Gasteiger partial charge in [0.2, 0.25) is 0 Å². The van der Waals surface area contributed by atoms with Crippen molar-refractivity contribution in [3.8, 4) is 0 Å². The number of piperidine rings is 1. The topological polar surface area (TPSA) is 72.9 Å². The van der Waals surface area contributed by atoms with Crippen molar-refractivity contribution >= 4 is 16.9 Å². The Morgan fingerprint density at radius 1 is 1.44 bits per heavy atom. The van der Waals surface area contributed by atoms with Gasteiger partial charge in [0.05, 0.1) is 11.6 Å². The summed E-state index contributed by atoms with van der Waals surface area (Å²) in [5.41, 5.74) is 6.67. The monoisotopic (exact) mass is 246 g/mol. The highest BCUT2D eigenvalue weighted by Gasteiger charge is 2.22. The van der Waals surface area contributed by atoms with Crippen LogP contribution in [0.2, 0.25) is 0 Å². The first-order chi connectivity index (χ1) is 8.79. The first-order valence-corrected chi connectivity index (χ1v) is 6.37. The summed E-state index contributed by atoms with van der Waals surface area (Å²) in [5, 5.41) is 5.28. The van der Waals surface area contributed by atoms with Gasteiger partial charge in [0.1, 0.15) is 12.1 Å². The van der Waals surface area contributed by atoms with Crippen LogP contribution in [0.1, 0.15) is 12.8 Å². The third-order valence-electron chi connectivity index (χ3n) is 3.66. The second-order valence-electron chi connectivity index (χ2n) is 4.89. The van der Waals surface area contributed by atoms with Gasteiger partial charge in [0.15, 0.2) is 5.65 Å². The SMILES string of the molecule is Cn1ncc2c(N3CCCC(CN)C3)ncnc21. The van der Waals surface area contributed by atoms with Crippen LogP contribution in [0.25, 0.3) is 11.0 Å². The summed E-state index contributed by atoms with van der Waals surface area (Å²) >= 11 is 0. The highest BCUT2D eigenvalue weighted by Crippen LogP contribution is 2.26. The zero-order chi connectivity index (χ0) is 12.5. The third-order valence-corrected chi connectivity index (χ3v) is 3.66. The molecule has 1 fully saturated rings. The Morgan fingerprint density at radius 3 is 3.17 bits per heavy atom. The number of hydrogen-bond donors (Lipinski definition) is 1. The molecule has 1 saturated heterocycles. The number of hydrogen-bond acceptors (Lipinski definition) is 5. The van der Waals surface area contributed by atoms with Crippen LogP contribution in [0.3, 0.4) is 0 Å². The summed E-state index contributed by atoms with van der Waals surface area (Å²) in [6.07, 6.45) is 5.85. The first-order valence-electron chi connectivity index (χ1n) is 6.37. The fourth-order valence-corrected chi connectivity index (χ4v) is 2.65. The van der Waals surface area contributed by atoms with E-state index in [1.807, 2.05) is 13.2 Å². The Balaban J connectivity index is 1.98. The van der Waals surface area contributed by atoms with Gasteiger partial charge >= 0.3 is 0 Å². The lowest BCUT2D eigenvalue weighted by Crippen LogP contribution is -2.38. The van der Waals surface area contributed by atoms with E-state index in [1.54, 1.807) is 11.0 Å². The summed E-state index contributed by atoms with van der Waals surface area (Å²) in [6.45, 7) is 2.77. The average Bonchev–Trinajstić information content (AvgIpc) is 2.81. The zero-order valence-electron chi connectivity index (χ0n) is 10.6. The molecule has 3 heterocycles. The molecule has 96 valence electrons. The van der Waals surface area contributed by atoms with Gasteiger partial charge in [-0.1, -0.05) is 0 Å². The minimum Gasteiger partial charge on any atom is -0.356 e. The van der Waals surface area contributed by atoms with Crippen LogP contribution in [0, 0.1) is 5.92 Å². The standard InChI is InChI=1S/C12H18N6/c1-17-11-10(6-16-17)12(15-8-14-11)18-4-2-3-9(5-13)7-18/h6,8-9H,2-5,7,13H2,1H3. The van der Waals surface area contributed by atoms with Crippen LogP contribution < -0.4 is 10.6 Å². The number of rotatable bonds is 2. The van der Waals surface area contributed by atoms with E-state index in [9.17, 15) is 0 Å². The second-order valence-corrected chi connectivity index (χ2v) is 4.89. The molecule has 2 N–H and O–H groups in total. The van der Waals surface area contributed by atoms with Crippen molar-refractivity contribution in [1.82, 2.24) is 19.7 Å². The molecule has 6 nitrogen and oxygen atoms in total. The Bertz CT molecular complexity index is 548. The molecule has 0 spiro atoms. The van der Waals surface area contributed by atoms with Gasteiger partial charge in [0, 0.05) is 20.1 Å². The third kappa shape index (κ3) is 1.82. The molecule has 0 bridgehead atoms. The molecule has 0 aliphatic carbocycles. The van der Waals surface area contributed by atoms with Crippen molar-refractivity contribution in [2.24, 2.45) is 18.7 Å². The van der Waals surface area contributed by atoms with E-state index in [4.69, 9.17) is 5.73 Å². The maximum Gasteiger partial charge on any atom is 0.163 e. The van der Waals surface area contributed by atoms with Crippen LogP contribution >= 0.6 is 0 Å². The summed E-state index contributed by atoms with van der Waals surface area (Å²) in [4.78, 5) is 11.0. The van der Waals surface area contributed by atoms with E-state index in [0.29, 0.717) is 5.92 Å². The fourth-order valence-electron chi connectivity index (χ4n) is 2.65. The van der Waals surface area contributed by atoms with Gasteiger partial charge < -0.3 is 10.6 Å². The smallest absolute Gasteiger partial charge is 0.163 e. The lowest BCUT2D eigenvalue weighted by Gasteiger charge is -2.33. The number of anilines is 1. The van der Waals surface area contributed by atoms with Crippen LogP contribution in [-0.2, 0) is 7.05 Å². The Morgan fingerprint density at radius 2 is 2.33 bits per heavy atom. The summed E-state index contributed by atoms with van der Waals surface area (Å²) in [7, 11) is 1.90. The van der Waals surface area contributed by atoms with Crippen molar-refractivity contribution in [2.45, 2.75) is 12.8 Å². The van der Waals surface area contributed by atoms with Crippen molar-refractivity contribution in [3.63, 3.8) is 0 Å². The number of aromatic nitrogens is 4. The minimum absolute atomic E-state index is 0.570. The zero-order valence-corrected chi connectivity index (χ0v) is 10.6. The summed E-state index contributed by atoms with van der Waals surface area (Å²) < 4.78 is 1.78. The van der Waals surface area contributed by atoms with Gasteiger partial charge in [-0.25, -0.2) is 9.97 Å². The van der Waals surface area contributed by atoms with Crippen LogP contribution in [0.5, 0.6) is 0 Å². The maximum atomic E-state index is 5.78. The normalized spacial score (nSPS) is 20.6. The number of nitrogens with two attached hydrogens (primary N) is 1. The Kier molecular flexibility index (Phi) is 2.87. The first kappa shape index (κ1) is 11.4. The average molecular weight is 246 g/mol. The highest BCUT2D eigenvalue weighted by molar-refractivity contribution is 5.86. The van der Waals surface area contributed by atoms with Gasteiger partial charge in [-0.05, 0) is 25.3 Å². The molecule has 0 aromatic carbocycles. The minimum atomic E-state index is 0.570. The Labute approximate surface area is 106 Å². The molecular weight excluding hydrogens is 228 g/mol. The van der Waals surface area contributed by atoms with Gasteiger partial charge in [0.25, 0.3) is 0 Å². The number of aryl methyl sites for hydroxylation is 1. The predicted molar refractivity (Wildman–Crippen MR) is 70.3 cm³/mol. The molecule has 1 unspecified atom stereocenters. The molecule has 6 heteroatoms. The van der Waals surface area contributed by atoms with E-state index in [1.165, 1.54) is 12.8 Å².